The van der Waals surface area contributed by atoms with E-state index in [0.717, 1.165) is 41.6 Å². The van der Waals surface area contributed by atoms with E-state index in [1.807, 2.05) is 33.7 Å². The summed E-state index contributed by atoms with van der Waals surface area (Å²) in [6.07, 6.45) is 7.84. The van der Waals surface area contributed by atoms with Gasteiger partial charge in [0.05, 0.1) is 12.8 Å². The number of hydrogen-bond acceptors (Lipinski definition) is 5. The summed E-state index contributed by atoms with van der Waals surface area (Å²) < 4.78 is 7.10. The van der Waals surface area contributed by atoms with Crippen LogP contribution in [0.15, 0.2) is 58.8 Å². The first-order valence-corrected chi connectivity index (χ1v) is 11.7. The van der Waals surface area contributed by atoms with Crippen molar-refractivity contribution in [1.82, 2.24) is 19.7 Å². The van der Waals surface area contributed by atoms with Crippen molar-refractivity contribution < 1.29 is 23.6 Å². The number of amides is 5. The number of likely N-dealkylation sites (tertiary alicyclic amines) is 1. The van der Waals surface area contributed by atoms with Crippen molar-refractivity contribution in [3.05, 3.63) is 65.8 Å². The Bertz CT molecular complexity index is 1340. The number of piperidine rings is 1. The van der Waals surface area contributed by atoms with Crippen molar-refractivity contribution in [3.8, 4) is 0 Å². The van der Waals surface area contributed by atoms with E-state index in [1.54, 1.807) is 18.3 Å². The number of fused-ring (bicyclic) bond motifs is 1. The summed E-state index contributed by atoms with van der Waals surface area (Å²) in [7, 11) is 0. The zero-order valence-electron chi connectivity index (χ0n) is 19.4. The molecule has 2 aliphatic heterocycles. The average molecular weight is 475 g/mol. The number of benzene rings is 1. The molecule has 2 aliphatic rings. The number of carbonyl (C=O) groups is 4. The van der Waals surface area contributed by atoms with Crippen molar-refractivity contribution in [2.24, 2.45) is 0 Å². The number of carbonyl (C=O) groups excluding carboxylic acids is 4. The number of urea groups is 1. The van der Waals surface area contributed by atoms with Gasteiger partial charge in [-0.25, -0.2) is 4.79 Å². The van der Waals surface area contributed by atoms with E-state index in [0.29, 0.717) is 11.3 Å². The lowest BCUT2D eigenvalue weighted by molar-refractivity contribution is -0.135. The summed E-state index contributed by atoms with van der Waals surface area (Å²) in [6.45, 7) is 2.90. The summed E-state index contributed by atoms with van der Waals surface area (Å²) >= 11 is 0. The Morgan fingerprint density at radius 3 is 2.74 bits per heavy atom. The Morgan fingerprint density at radius 1 is 1.14 bits per heavy atom. The largest absolute Gasteiger partial charge is 0.467 e. The molecule has 1 N–H and O–H groups in total. The van der Waals surface area contributed by atoms with E-state index in [9.17, 15) is 19.2 Å². The highest BCUT2D eigenvalue weighted by atomic mass is 16.3. The van der Waals surface area contributed by atoms with Gasteiger partial charge in [-0.1, -0.05) is 18.2 Å². The SMILES string of the molecule is C[C@@H]1CCCCN1C(=O)Cn1cc(/C=C2/C(=O)NC(=O)N(Cc3ccco3)C2=O)c2ccccc21. The second-order valence-corrected chi connectivity index (χ2v) is 8.95. The third kappa shape index (κ3) is 4.37. The molecule has 3 aromatic rings. The first kappa shape index (κ1) is 22.6. The molecule has 180 valence electrons. The third-order valence-corrected chi connectivity index (χ3v) is 6.63. The maximum atomic E-state index is 13.1. The van der Waals surface area contributed by atoms with Crippen LogP contribution in [0.1, 0.15) is 37.5 Å². The number of aromatic nitrogens is 1. The zero-order chi connectivity index (χ0) is 24.5. The Kier molecular flexibility index (Phi) is 5.98. The van der Waals surface area contributed by atoms with E-state index >= 15 is 0 Å². The van der Waals surface area contributed by atoms with E-state index in [4.69, 9.17) is 4.42 Å². The van der Waals surface area contributed by atoms with Crippen LogP contribution in [0, 0.1) is 0 Å². The topological polar surface area (TPSA) is 105 Å². The fourth-order valence-electron chi connectivity index (χ4n) is 4.78. The maximum Gasteiger partial charge on any atom is 0.331 e. The van der Waals surface area contributed by atoms with Crippen molar-refractivity contribution in [2.75, 3.05) is 6.54 Å². The van der Waals surface area contributed by atoms with Crippen LogP contribution in [0.3, 0.4) is 0 Å². The lowest BCUT2D eigenvalue weighted by Gasteiger charge is -2.33. The van der Waals surface area contributed by atoms with Gasteiger partial charge in [-0.3, -0.25) is 24.6 Å². The molecule has 9 heteroatoms. The molecule has 1 atom stereocenters. The molecule has 0 spiro atoms. The summed E-state index contributed by atoms with van der Waals surface area (Å²) in [5, 5.41) is 3.03. The molecule has 1 aromatic carbocycles. The van der Waals surface area contributed by atoms with Gasteiger partial charge < -0.3 is 13.9 Å². The summed E-state index contributed by atoms with van der Waals surface area (Å²) in [6, 6.07) is 10.2. The molecule has 2 aromatic heterocycles. The van der Waals surface area contributed by atoms with Gasteiger partial charge in [-0.15, -0.1) is 0 Å². The molecular formula is C26H26N4O5. The van der Waals surface area contributed by atoms with Crippen molar-refractivity contribution >= 4 is 40.7 Å². The number of nitrogens with one attached hydrogen (secondary N) is 1. The van der Waals surface area contributed by atoms with Crippen LogP contribution in [0.5, 0.6) is 0 Å². The molecule has 4 heterocycles. The number of para-hydroxylation sites is 1. The summed E-state index contributed by atoms with van der Waals surface area (Å²) in [4.78, 5) is 53.9. The Balaban J connectivity index is 1.47. The normalized spacial score (nSPS) is 20.1. The number of barbiturate groups is 1. The smallest absolute Gasteiger partial charge is 0.331 e. The molecule has 9 nitrogen and oxygen atoms in total. The monoisotopic (exact) mass is 474 g/mol. The lowest BCUT2D eigenvalue weighted by Crippen LogP contribution is -2.53. The van der Waals surface area contributed by atoms with Crippen LogP contribution in [0.4, 0.5) is 4.79 Å². The van der Waals surface area contributed by atoms with Gasteiger partial charge in [-0.2, -0.15) is 0 Å². The number of hydrogen-bond donors (Lipinski definition) is 1. The Morgan fingerprint density at radius 2 is 1.97 bits per heavy atom. The highest BCUT2D eigenvalue weighted by Gasteiger charge is 2.36. The van der Waals surface area contributed by atoms with Crippen LogP contribution < -0.4 is 5.32 Å². The maximum absolute atomic E-state index is 13.1. The molecule has 35 heavy (non-hydrogen) atoms. The van der Waals surface area contributed by atoms with Gasteiger partial charge in [-0.05, 0) is 50.5 Å². The Labute approximate surface area is 202 Å². The first-order chi connectivity index (χ1) is 16.9. The van der Waals surface area contributed by atoms with Gasteiger partial charge in [0.1, 0.15) is 17.9 Å². The fourth-order valence-corrected chi connectivity index (χ4v) is 4.78. The second kappa shape index (κ2) is 9.25. The minimum atomic E-state index is -0.794. The number of furan rings is 1. The Hall–Kier alpha value is -4.14. The van der Waals surface area contributed by atoms with E-state index in [1.165, 1.54) is 12.3 Å². The van der Waals surface area contributed by atoms with Crippen LogP contribution in [0.25, 0.3) is 17.0 Å². The van der Waals surface area contributed by atoms with Crippen molar-refractivity contribution in [1.29, 1.82) is 0 Å². The van der Waals surface area contributed by atoms with E-state index < -0.39 is 17.8 Å². The third-order valence-electron chi connectivity index (χ3n) is 6.63. The molecule has 0 unspecified atom stereocenters. The van der Waals surface area contributed by atoms with E-state index in [-0.39, 0.29) is 30.6 Å². The van der Waals surface area contributed by atoms with Crippen molar-refractivity contribution in [3.63, 3.8) is 0 Å². The van der Waals surface area contributed by atoms with Crippen molar-refractivity contribution in [2.45, 2.75) is 45.3 Å². The number of nitrogens with zero attached hydrogens (tertiary/aromatic N) is 3. The van der Waals surface area contributed by atoms with Gasteiger partial charge in [0, 0.05) is 35.2 Å². The molecule has 0 saturated carbocycles. The van der Waals surface area contributed by atoms with Crippen LogP contribution in [-0.2, 0) is 27.5 Å². The molecule has 0 aliphatic carbocycles. The summed E-state index contributed by atoms with van der Waals surface area (Å²) in [5.74, 6) is -1.00. The van der Waals surface area contributed by atoms with Gasteiger partial charge >= 0.3 is 6.03 Å². The zero-order valence-corrected chi connectivity index (χ0v) is 19.4. The lowest BCUT2D eigenvalue weighted by atomic mass is 10.0. The molecule has 2 saturated heterocycles. The van der Waals surface area contributed by atoms with E-state index in [2.05, 4.69) is 12.2 Å². The van der Waals surface area contributed by atoms with Crippen LogP contribution in [0.2, 0.25) is 0 Å². The number of rotatable bonds is 5. The van der Waals surface area contributed by atoms with Gasteiger partial charge in [0.25, 0.3) is 11.8 Å². The van der Waals surface area contributed by atoms with Gasteiger partial charge in [0.15, 0.2) is 0 Å². The molecule has 2 fully saturated rings. The number of imide groups is 2. The predicted molar refractivity (Wildman–Crippen MR) is 128 cm³/mol. The average Bonchev–Trinajstić information content (AvgIpc) is 3.48. The standard InChI is InChI=1S/C26H26N4O5/c1-17-7-4-5-11-29(17)23(31)16-28-14-18(20-9-2-3-10-22(20)28)13-21-24(32)27-26(34)30(25(21)33)15-19-8-6-12-35-19/h2-3,6,8-10,12-14,17H,4-5,7,11,15-16H2,1H3,(H,27,32,34)/b21-13-/t17-/m1/s1. The minimum Gasteiger partial charge on any atom is -0.467 e. The molecule has 0 radical (unpaired) electrons. The highest BCUT2D eigenvalue weighted by molar-refractivity contribution is 6.31. The second-order valence-electron chi connectivity index (χ2n) is 8.95. The van der Waals surface area contributed by atoms with Crippen LogP contribution >= 0.6 is 0 Å². The predicted octanol–water partition coefficient (Wildman–Crippen LogP) is 3.30. The minimum absolute atomic E-state index is 0.0406. The molecular weight excluding hydrogens is 448 g/mol. The fraction of sp³-hybridized carbons (Fsp3) is 0.308. The molecule has 5 amide bonds. The molecule has 5 rings (SSSR count). The quantitative estimate of drug-likeness (QED) is 0.451. The van der Waals surface area contributed by atoms with Gasteiger partial charge in [0.2, 0.25) is 5.91 Å². The molecule has 0 bridgehead atoms. The highest BCUT2D eigenvalue weighted by Crippen LogP contribution is 2.26. The first-order valence-electron chi connectivity index (χ1n) is 11.7. The summed E-state index contributed by atoms with van der Waals surface area (Å²) in [5.41, 5.74) is 1.28. The van der Waals surface area contributed by atoms with Crippen LogP contribution in [-0.4, -0.2) is 50.7 Å².